The average molecular weight is 437 g/mol. The predicted molar refractivity (Wildman–Crippen MR) is 120 cm³/mol. The molecule has 0 N–H and O–H groups in total. The summed E-state index contributed by atoms with van der Waals surface area (Å²) in [4.78, 5) is 15.3. The van der Waals surface area contributed by atoms with Crippen molar-refractivity contribution in [3.8, 4) is 0 Å². The lowest BCUT2D eigenvalue weighted by atomic mass is 9.83. The first-order valence-corrected chi connectivity index (χ1v) is 11.8. The second-order valence-corrected chi connectivity index (χ2v) is 8.79. The van der Waals surface area contributed by atoms with Gasteiger partial charge in [0.1, 0.15) is 0 Å². The molecule has 0 bridgehead atoms. The molecule has 7 heteroatoms. The Morgan fingerprint density at radius 3 is 2.71 bits per heavy atom. The largest absolute Gasteiger partial charge is 0.385 e. The minimum atomic E-state index is -0.150. The van der Waals surface area contributed by atoms with Crippen molar-refractivity contribution >= 4 is 5.91 Å². The van der Waals surface area contributed by atoms with E-state index < -0.39 is 0 Å². The van der Waals surface area contributed by atoms with Crippen LogP contribution in [0.1, 0.15) is 60.8 Å². The van der Waals surface area contributed by atoms with Crippen molar-refractivity contribution in [1.29, 1.82) is 0 Å². The third-order valence-electron chi connectivity index (χ3n) is 6.73. The van der Waals surface area contributed by atoms with Gasteiger partial charge >= 0.3 is 0 Å². The summed E-state index contributed by atoms with van der Waals surface area (Å²) < 4.78 is 25.0. The first-order valence-electron chi connectivity index (χ1n) is 11.8. The number of aromatic nitrogens is 1. The molecule has 0 saturated carbocycles. The molecule has 7 nitrogen and oxygen atoms in total. The topological polar surface area (TPSA) is 62.2 Å². The van der Waals surface area contributed by atoms with E-state index in [4.69, 9.17) is 18.9 Å². The molecule has 2 aliphatic heterocycles. The van der Waals surface area contributed by atoms with Crippen LogP contribution in [0, 0.1) is 13.8 Å². The average Bonchev–Trinajstić information content (AvgIpc) is 3.05. The second kappa shape index (κ2) is 11.5. The molecular weight excluding hydrogens is 396 g/mol. The molecule has 1 unspecified atom stereocenters. The molecule has 31 heavy (non-hydrogen) atoms. The van der Waals surface area contributed by atoms with Gasteiger partial charge in [-0.15, -0.1) is 0 Å². The standard InChI is InChI=1S/C24H40N2O5/c1-5-29-15-16-30-21-7-14-31-24(18-21)8-11-25(12-9-24)23(27)22-17-19(2)26(20(22)3)10-6-13-28-4/h17,21H,5-16,18H2,1-4H3. The molecule has 0 radical (unpaired) electrons. The lowest BCUT2D eigenvalue weighted by Crippen LogP contribution is -2.52. The lowest BCUT2D eigenvalue weighted by molar-refractivity contribution is -0.155. The van der Waals surface area contributed by atoms with Crippen LogP contribution in [0.3, 0.4) is 0 Å². The Kier molecular flexibility index (Phi) is 8.95. The van der Waals surface area contributed by atoms with Gasteiger partial charge in [-0.1, -0.05) is 0 Å². The summed E-state index contributed by atoms with van der Waals surface area (Å²) in [6, 6.07) is 2.04. The summed E-state index contributed by atoms with van der Waals surface area (Å²) in [5, 5.41) is 0. The fourth-order valence-corrected chi connectivity index (χ4v) is 4.91. The van der Waals surface area contributed by atoms with Gasteiger partial charge in [-0.2, -0.15) is 0 Å². The van der Waals surface area contributed by atoms with Gasteiger partial charge < -0.3 is 28.4 Å². The maximum atomic E-state index is 13.3. The molecule has 1 aromatic rings. The number of amides is 1. The van der Waals surface area contributed by atoms with Crippen molar-refractivity contribution in [2.45, 2.75) is 71.1 Å². The number of carbonyl (C=O) groups is 1. The molecular formula is C24H40N2O5. The van der Waals surface area contributed by atoms with Crippen LogP contribution in [0.15, 0.2) is 6.07 Å². The van der Waals surface area contributed by atoms with E-state index in [1.54, 1.807) is 7.11 Å². The molecule has 176 valence electrons. The number of ether oxygens (including phenoxy) is 4. The Morgan fingerprint density at radius 2 is 2.00 bits per heavy atom. The van der Waals surface area contributed by atoms with Crippen molar-refractivity contribution in [3.05, 3.63) is 23.0 Å². The number of hydrogen-bond donors (Lipinski definition) is 0. The minimum Gasteiger partial charge on any atom is -0.385 e. The molecule has 1 aromatic heterocycles. The van der Waals surface area contributed by atoms with Crippen LogP contribution in [0.2, 0.25) is 0 Å². The second-order valence-electron chi connectivity index (χ2n) is 8.79. The minimum absolute atomic E-state index is 0.140. The number of piperidine rings is 1. The van der Waals surface area contributed by atoms with Gasteiger partial charge in [-0.05, 0) is 52.5 Å². The molecule has 1 amide bonds. The molecule has 2 saturated heterocycles. The van der Waals surface area contributed by atoms with Crippen LogP contribution < -0.4 is 0 Å². The van der Waals surface area contributed by atoms with Crippen LogP contribution in [0.4, 0.5) is 0 Å². The van der Waals surface area contributed by atoms with Crippen LogP contribution >= 0.6 is 0 Å². The number of methoxy groups -OCH3 is 1. The number of aryl methyl sites for hydroxylation is 1. The zero-order valence-corrected chi connectivity index (χ0v) is 19.8. The highest BCUT2D eigenvalue weighted by Crippen LogP contribution is 2.36. The summed E-state index contributed by atoms with van der Waals surface area (Å²) in [7, 11) is 1.72. The lowest BCUT2D eigenvalue weighted by Gasteiger charge is -2.46. The summed E-state index contributed by atoms with van der Waals surface area (Å²) >= 11 is 0. The number of nitrogens with zero attached hydrogens (tertiary/aromatic N) is 2. The van der Waals surface area contributed by atoms with Crippen molar-refractivity contribution in [1.82, 2.24) is 9.47 Å². The van der Waals surface area contributed by atoms with E-state index in [1.165, 1.54) is 0 Å². The molecule has 2 aliphatic rings. The van der Waals surface area contributed by atoms with E-state index >= 15 is 0 Å². The Balaban J connectivity index is 1.54. The van der Waals surface area contributed by atoms with Crippen molar-refractivity contribution in [2.75, 3.05) is 53.2 Å². The van der Waals surface area contributed by atoms with Gasteiger partial charge in [0.05, 0.1) is 30.5 Å². The Morgan fingerprint density at radius 1 is 1.23 bits per heavy atom. The van der Waals surface area contributed by atoms with Crippen LogP contribution in [0.25, 0.3) is 0 Å². The molecule has 2 fully saturated rings. The number of likely N-dealkylation sites (tertiary alicyclic amines) is 1. The van der Waals surface area contributed by atoms with E-state index in [-0.39, 0.29) is 17.6 Å². The highest BCUT2D eigenvalue weighted by molar-refractivity contribution is 5.95. The molecule has 1 atom stereocenters. The van der Waals surface area contributed by atoms with E-state index in [9.17, 15) is 4.79 Å². The third kappa shape index (κ3) is 6.09. The fourth-order valence-electron chi connectivity index (χ4n) is 4.91. The number of carbonyl (C=O) groups excluding carboxylic acids is 1. The normalized spacial score (nSPS) is 21.0. The summed E-state index contributed by atoms with van der Waals surface area (Å²) in [6.07, 6.45) is 4.76. The maximum absolute atomic E-state index is 13.3. The van der Waals surface area contributed by atoms with E-state index in [2.05, 4.69) is 11.5 Å². The van der Waals surface area contributed by atoms with Crippen LogP contribution in [-0.4, -0.2) is 80.3 Å². The highest BCUT2D eigenvalue weighted by Gasteiger charge is 2.41. The molecule has 0 aliphatic carbocycles. The van der Waals surface area contributed by atoms with Gasteiger partial charge in [0.15, 0.2) is 0 Å². The summed E-state index contributed by atoms with van der Waals surface area (Å²) in [5.74, 6) is 0.140. The molecule has 1 spiro atoms. The smallest absolute Gasteiger partial charge is 0.255 e. The van der Waals surface area contributed by atoms with Crippen LogP contribution in [-0.2, 0) is 25.5 Å². The number of hydrogen-bond acceptors (Lipinski definition) is 5. The van der Waals surface area contributed by atoms with Gasteiger partial charge in [-0.3, -0.25) is 4.79 Å². The zero-order chi connectivity index (χ0) is 22.3. The van der Waals surface area contributed by atoms with E-state index in [0.717, 1.165) is 88.5 Å². The molecule has 0 aromatic carbocycles. The monoisotopic (exact) mass is 436 g/mol. The summed E-state index contributed by atoms with van der Waals surface area (Å²) in [5.41, 5.74) is 2.86. The highest BCUT2D eigenvalue weighted by atomic mass is 16.5. The molecule has 3 rings (SSSR count). The van der Waals surface area contributed by atoms with Gasteiger partial charge in [0.2, 0.25) is 0 Å². The van der Waals surface area contributed by atoms with Crippen molar-refractivity contribution in [3.63, 3.8) is 0 Å². The zero-order valence-electron chi connectivity index (χ0n) is 19.8. The van der Waals surface area contributed by atoms with Crippen molar-refractivity contribution in [2.24, 2.45) is 0 Å². The van der Waals surface area contributed by atoms with E-state index in [0.29, 0.717) is 13.2 Å². The maximum Gasteiger partial charge on any atom is 0.255 e. The SMILES string of the molecule is CCOCCOC1CCOC2(CCN(C(=O)c3cc(C)n(CCCOC)c3C)CC2)C1. The van der Waals surface area contributed by atoms with E-state index in [1.807, 2.05) is 24.8 Å². The Bertz CT molecular complexity index is 709. The van der Waals surface area contributed by atoms with Crippen LogP contribution in [0.5, 0.6) is 0 Å². The first-order chi connectivity index (χ1) is 15.0. The number of rotatable bonds is 10. The summed E-state index contributed by atoms with van der Waals surface area (Å²) in [6.45, 7) is 11.9. The molecule has 3 heterocycles. The Hall–Kier alpha value is -1.41. The predicted octanol–water partition coefficient (Wildman–Crippen LogP) is 3.35. The van der Waals surface area contributed by atoms with Gasteiger partial charge in [-0.25, -0.2) is 0 Å². The quantitative estimate of drug-likeness (QED) is 0.527. The first kappa shape index (κ1) is 24.2. The van der Waals surface area contributed by atoms with Gasteiger partial charge in [0.25, 0.3) is 5.91 Å². The fraction of sp³-hybridized carbons (Fsp3) is 0.792. The third-order valence-corrected chi connectivity index (χ3v) is 6.73. The van der Waals surface area contributed by atoms with Crippen molar-refractivity contribution < 1.29 is 23.7 Å². The Labute approximate surface area is 187 Å². The van der Waals surface area contributed by atoms with Gasteiger partial charge in [0, 0.05) is 64.4 Å².